The second-order valence-corrected chi connectivity index (χ2v) is 4.81. The monoisotopic (exact) mass is 258 g/mol. The van der Waals surface area contributed by atoms with Gasteiger partial charge >= 0.3 is 5.97 Å². The Hall–Kier alpha value is -1.90. The SMILES string of the molecule is COC(=O)C(=Cc1ccccc1)C(=O)C1CCCC1. The van der Waals surface area contributed by atoms with Crippen molar-refractivity contribution < 1.29 is 14.3 Å². The summed E-state index contributed by atoms with van der Waals surface area (Å²) in [6, 6.07) is 9.38. The molecule has 1 aromatic rings. The van der Waals surface area contributed by atoms with Gasteiger partial charge in [-0.15, -0.1) is 0 Å². The molecule has 19 heavy (non-hydrogen) atoms. The predicted molar refractivity (Wildman–Crippen MR) is 73.4 cm³/mol. The van der Waals surface area contributed by atoms with Gasteiger partial charge in [0.25, 0.3) is 0 Å². The summed E-state index contributed by atoms with van der Waals surface area (Å²) < 4.78 is 4.74. The van der Waals surface area contributed by atoms with E-state index < -0.39 is 5.97 Å². The molecule has 2 rings (SSSR count). The fourth-order valence-electron chi connectivity index (χ4n) is 2.46. The van der Waals surface area contributed by atoms with Crippen molar-refractivity contribution in [2.75, 3.05) is 7.11 Å². The van der Waals surface area contributed by atoms with Crippen molar-refractivity contribution >= 4 is 17.8 Å². The number of benzene rings is 1. The summed E-state index contributed by atoms with van der Waals surface area (Å²) in [5.74, 6) is -0.636. The van der Waals surface area contributed by atoms with Crippen molar-refractivity contribution in [3.8, 4) is 0 Å². The lowest BCUT2D eigenvalue weighted by molar-refractivity contribution is -0.138. The highest BCUT2D eigenvalue weighted by atomic mass is 16.5. The fourth-order valence-corrected chi connectivity index (χ4v) is 2.46. The molecular formula is C16H18O3. The Morgan fingerprint density at radius 3 is 2.37 bits per heavy atom. The Bertz CT molecular complexity index is 482. The molecule has 0 saturated heterocycles. The van der Waals surface area contributed by atoms with Crippen molar-refractivity contribution in [2.45, 2.75) is 25.7 Å². The maximum atomic E-state index is 12.4. The summed E-state index contributed by atoms with van der Waals surface area (Å²) in [7, 11) is 1.31. The van der Waals surface area contributed by atoms with Crippen molar-refractivity contribution in [1.82, 2.24) is 0 Å². The van der Waals surface area contributed by atoms with E-state index in [4.69, 9.17) is 4.74 Å². The van der Waals surface area contributed by atoms with Gasteiger partial charge in [0.05, 0.1) is 7.11 Å². The Kier molecular flexibility index (Phi) is 4.50. The summed E-state index contributed by atoms with van der Waals surface area (Å²) in [5, 5.41) is 0. The minimum atomic E-state index is -0.541. The number of hydrogen-bond donors (Lipinski definition) is 0. The van der Waals surface area contributed by atoms with E-state index in [0.717, 1.165) is 31.2 Å². The first-order chi connectivity index (χ1) is 9.22. The molecule has 1 saturated carbocycles. The molecule has 0 aliphatic heterocycles. The Morgan fingerprint density at radius 2 is 1.79 bits per heavy atom. The molecule has 0 amide bonds. The van der Waals surface area contributed by atoms with Crippen molar-refractivity contribution in [3.05, 3.63) is 41.5 Å². The molecule has 1 fully saturated rings. The number of hydrogen-bond acceptors (Lipinski definition) is 3. The van der Waals surface area contributed by atoms with Gasteiger partial charge in [0.1, 0.15) is 5.57 Å². The smallest absolute Gasteiger partial charge is 0.341 e. The minimum Gasteiger partial charge on any atom is -0.465 e. The van der Waals surface area contributed by atoms with E-state index in [0.29, 0.717) is 0 Å². The van der Waals surface area contributed by atoms with Crippen LogP contribution in [-0.2, 0) is 14.3 Å². The van der Waals surface area contributed by atoms with Gasteiger partial charge in [0.15, 0.2) is 5.78 Å². The summed E-state index contributed by atoms with van der Waals surface area (Å²) in [6.45, 7) is 0. The van der Waals surface area contributed by atoms with Gasteiger partial charge in [0.2, 0.25) is 0 Å². The summed E-state index contributed by atoms with van der Waals surface area (Å²) in [5.41, 5.74) is 1.01. The van der Waals surface area contributed by atoms with Crippen LogP contribution in [0.15, 0.2) is 35.9 Å². The van der Waals surface area contributed by atoms with Crippen LogP contribution >= 0.6 is 0 Å². The van der Waals surface area contributed by atoms with Crippen LogP contribution in [0.2, 0.25) is 0 Å². The number of ether oxygens (including phenoxy) is 1. The maximum Gasteiger partial charge on any atom is 0.341 e. The molecule has 100 valence electrons. The molecule has 0 radical (unpaired) electrons. The largest absolute Gasteiger partial charge is 0.465 e. The third kappa shape index (κ3) is 3.31. The van der Waals surface area contributed by atoms with Gasteiger partial charge in [-0.05, 0) is 24.5 Å². The molecular weight excluding hydrogens is 240 g/mol. The first-order valence-corrected chi connectivity index (χ1v) is 6.61. The van der Waals surface area contributed by atoms with Gasteiger partial charge in [-0.2, -0.15) is 0 Å². The molecule has 1 aliphatic carbocycles. The normalized spacial score (nSPS) is 16.4. The van der Waals surface area contributed by atoms with Crippen LogP contribution in [0, 0.1) is 5.92 Å². The molecule has 0 heterocycles. The van der Waals surface area contributed by atoms with Crippen LogP contribution in [0.25, 0.3) is 6.08 Å². The van der Waals surface area contributed by atoms with Gasteiger partial charge in [-0.25, -0.2) is 4.79 Å². The fraction of sp³-hybridized carbons (Fsp3) is 0.375. The highest BCUT2D eigenvalue weighted by Crippen LogP contribution is 2.28. The van der Waals surface area contributed by atoms with Gasteiger partial charge < -0.3 is 4.74 Å². The zero-order chi connectivity index (χ0) is 13.7. The zero-order valence-electron chi connectivity index (χ0n) is 11.1. The number of rotatable bonds is 4. The third-order valence-electron chi connectivity index (χ3n) is 3.51. The lowest BCUT2D eigenvalue weighted by Gasteiger charge is -2.10. The first kappa shape index (κ1) is 13.5. The van der Waals surface area contributed by atoms with Crippen LogP contribution in [0.4, 0.5) is 0 Å². The van der Waals surface area contributed by atoms with Gasteiger partial charge in [0, 0.05) is 5.92 Å². The Balaban J connectivity index is 2.28. The molecule has 1 aliphatic rings. The van der Waals surface area contributed by atoms with Gasteiger partial charge in [-0.1, -0.05) is 43.2 Å². The average Bonchev–Trinajstić information content (AvgIpc) is 2.98. The second-order valence-electron chi connectivity index (χ2n) is 4.81. The summed E-state index contributed by atoms with van der Waals surface area (Å²) in [6.07, 6.45) is 5.52. The molecule has 3 nitrogen and oxygen atoms in total. The number of methoxy groups -OCH3 is 1. The molecule has 0 bridgehead atoms. The highest BCUT2D eigenvalue weighted by molar-refractivity contribution is 6.21. The lowest BCUT2D eigenvalue weighted by atomic mass is 9.94. The molecule has 3 heteroatoms. The first-order valence-electron chi connectivity index (χ1n) is 6.61. The van der Waals surface area contributed by atoms with Crippen molar-refractivity contribution in [2.24, 2.45) is 5.92 Å². The van der Waals surface area contributed by atoms with E-state index >= 15 is 0 Å². The molecule has 1 aromatic carbocycles. The average molecular weight is 258 g/mol. The van der Waals surface area contributed by atoms with Crippen LogP contribution in [0.1, 0.15) is 31.2 Å². The number of carbonyl (C=O) groups excluding carboxylic acids is 2. The van der Waals surface area contributed by atoms with E-state index in [9.17, 15) is 9.59 Å². The Morgan fingerprint density at radius 1 is 1.16 bits per heavy atom. The summed E-state index contributed by atoms with van der Waals surface area (Å²) >= 11 is 0. The predicted octanol–water partition coefficient (Wildman–Crippen LogP) is 3.00. The maximum absolute atomic E-state index is 12.4. The Labute approximate surface area is 113 Å². The standard InChI is InChI=1S/C16H18O3/c1-19-16(18)14(11-12-7-3-2-4-8-12)15(17)13-9-5-6-10-13/h2-4,7-8,11,13H,5-6,9-10H2,1H3. The molecule has 0 atom stereocenters. The van der Waals surface area contributed by atoms with Crippen molar-refractivity contribution in [3.63, 3.8) is 0 Å². The van der Waals surface area contributed by atoms with E-state index in [1.54, 1.807) is 6.08 Å². The van der Waals surface area contributed by atoms with E-state index in [1.807, 2.05) is 30.3 Å². The molecule has 0 unspecified atom stereocenters. The third-order valence-corrected chi connectivity index (χ3v) is 3.51. The number of carbonyl (C=O) groups is 2. The molecule has 0 N–H and O–H groups in total. The quantitative estimate of drug-likeness (QED) is 0.361. The zero-order valence-corrected chi connectivity index (χ0v) is 11.1. The highest BCUT2D eigenvalue weighted by Gasteiger charge is 2.29. The topological polar surface area (TPSA) is 43.4 Å². The van der Waals surface area contributed by atoms with E-state index in [1.165, 1.54) is 7.11 Å². The summed E-state index contributed by atoms with van der Waals surface area (Å²) in [4.78, 5) is 24.2. The number of Topliss-reactive ketones (excluding diaryl/α,β-unsaturated/α-hetero) is 1. The minimum absolute atomic E-state index is 0.0194. The van der Waals surface area contributed by atoms with Crippen LogP contribution in [0.3, 0.4) is 0 Å². The lowest BCUT2D eigenvalue weighted by Crippen LogP contribution is -2.20. The van der Waals surface area contributed by atoms with Crippen LogP contribution in [0.5, 0.6) is 0 Å². The van der Waals surface area contributed by atoms with Crippen LogP contribution in [-0.4, -0.2) is 18.9 Å². The van der Waals surface area contributed by atoms with E-state index in [-0.39, 0.29) is 17.3 Å². The van der Waals surface area contributed by atoms with Crippen molar-refractivity contribution in [1.29, 1.82) is 0 Å². The molecule has 0 aromatic heterocycles. The molecule has 0 spiro atoms. The van der Waals surface area contributed by atoms with E-state index in [2.05, 4.69) is 0 Å². The second kappa shape index (κ2) is 6.32. The van der Waals surface area contributed by atoms with Crippen LogP contribution < -0.4 is 0 Å². The number of ketones is 1. The number of esters is 1. The van der Waals surface area contributed by atoms with Gasteiger partial charge in [-0.3, -0.25) is 4.79 Å².